The quantitative estimate of drug-likeness (QED) is 0.753. The van der Waals surface area contributed by atoms with Gasteiger partial charge in [-0.2, -0.15) is 0 Å². The number of rotatable bonds is 4. The highest BCUT2D eigenvalue weighted by Crippen LogP contribution is 2.15. The van der Waals surface area contributed by atoms with Crippen LogP contribution in [0.15, 0.2) is 24.3 Å². The SMILES string of the molecule is Cc1ccccc1[C@H](C)NCCF. The minimum atomic E-state index is -0.309. The Labute approximate surface area is 79.0 Å². The van der Waals surface area contributed by atoms with Crippen LogP contribution in [-0.2, 0) is 0 Å². The van der Waals surface area contributed by atoms with Gasteiger partial charge in [-0.1, -0.05) is 24.3 Å². The summed E-state index contributed by atoms with van der Waals surface area (Å²) >= 11 is 0. The Morgan fingerprint density at radius 1 is 1.38 bits per heavy atom. The van der Waals surface area contributed by atoms with E-state index in [0.717, 1.165) is 0 Å². The fourth-order valence-corrected chi connectivity index (χ4v) is 1.45. The number of aryl methyl sites for hydroxylation is 1. The predicted octanol–water partition coefficient (Wildman–Crippen LogP) is 2.62. The standard InChI is InChI=1S/C11H16FN/c1-9-5-3-4-6-11(9)10(2)13-8-7-12/h3-6,10,13H,7-8H2,1-2H3/t10-/m0/s1. The van der Waals surface area contributed by atoms with Crippen molar-refractivity contribution in [3.63, 3.8) is 0 Å². The Morgan fingerprint density at radius 2 is 2.08 bits per heavy atom. The fourth-order valence-electron chi connectivity index (χ4n) is 1.45. The van der Waals surface area contributed by atoms with Gasteiger partial charge in [-0.15, -0.1) is 0 Å². The molecule has 1 aromatic rings. The maximum absolute atomic E-state index is 11.9. The summed E-state index contributed by atoms with van der Waals surface area (Å²) in [5.74, 6) is 0. The van der Waals surface area contributed by atoms with Crippen LogP contribution >= 0.6 is 0 Å². The molecule has 1 N–H and O–H groups in total. The van der Waals surface area contributed by atoms with E-state index in [0.29, 0.717) is 6.54 Å². The van der Waals surface area contributed by atoms with Crippen LogP contribution in [0.1, 0.15) is 24.1 Å². The molecule has 0 saturated carbocycles. The second-order valence-electron chi connectivity index (χ2n) is 3.22. The molecule has 0 bridgehead atoms. The first-order valence-corrected chi connectivity index (χ1v) is 4.60. The first-order valence-electron chi connectivity index (χ1n) is 4.60. The van der Waals surface area contributed by atoms with Crippen LogP contribution < -0.4 is 5.32 Å². The number of alkyl halides is 1. The second-order valence-corrected chi connectivity index (χ2v) is 3.22. The Balaban J connectivity index is 2.65. The van der Waals surface area contributed by atoms with Crippen LogP contribution in [0.25, 0.3) is 0 Å². The van der Waals surface area contributed by atoms with Crippen molar-refractivity contribution in [2.24, 2.45) is 0 Å². The maximum Gasteiger partial charge on any atom is 0.102 e. The average molecular weight is 181 g/mol. The predicted molar refractivity (Wildman–Crippen MR) is 53.6 cm³/mol. The lowest BCUT2D eigenvalue weighted by molar-refractivity contribution is 0.444. The van der Waals surface area contributed by atoms with Crippen molar-refractivity contribution >= 4 is 0 Å². The molecular weight excluding hydrogens is 165 g/mol. The summed E-state index contributed by atoms with van der Waals surface area (Å²) < 4.78 is 11.9. The molecule has 0 aromatic heterocycles. The second kappa shape index (κ2) is 4.97. The van der Waals surface area contributed by atoms with E-state index in [9.17, 15) is 4.39 Å². The van der Waals surface area contributed by atoms with Gasteiger partial charge in [-0.25, -0.2) is 4.39 Å². The third kappa shape index (κ3) is 2.81. The third-order valence-electron chi connectivity index (χ3n) is 2.20. The van der Waals surface area contributed by atoms with Crippen molar-refractivity contribution in [1.82, 2.24) is 5.32 Å². The number of hydrogen-bond acceptors (Lipinski definition) is 1. The number of halogens is 1. The molecule has 0 fully saturated rings. The van der Waals surface area contributed by atoms with Gasteiger partial charge in [0.05, 0.1) is 0 Å². The van der Waals surface area contributed by atoms with E-state index in [-0.39, 0.29) is 12.7 Å². The highest BCUT2D eigenvalue weighted by Gasteiger charge is 2.05. The van der Waals surface area contributed by atoms with Crippen molar-refractivity contribution in [3.8, 4) is 0 Å². The van der Waals surface area contributed by atoms with E-state index in [1.54, 1.807) is 0 Å². The topological polar surface area (TPSA) is 12.0 Å². The summed E-state index contributed by atoms with van der Waals surface area (Å²) in [5.41, 5.74) is 2.50. The molecule has 0 radical (unpaired) electrons. The molecule has 0 aliphatic carbocycles. The molecule has 2 heteroatoms. The summed E-state index contributed by atoms with van der Waals surface area (Å²) in [5, 5.41) is 3.11. The monoisotopic (exact) mass is 181 g/mol. The number of benzene rings is 1. The molecule has 13 heavy (non-hydrogen) atoms. The number of nitrogens with one attached hydrogen (secondary N) is 1. The van der Waals surface area contributed by atoms with Gasteiger partial charge in [0.15, 0.2) is 0 Å². The molecule has 72 valence electrons. The van der Waals surface area contributed by atoms with Gasteiger partial charge in [0, 0.05) is 12.6 Å². The lowest BCUT2D eigenvalue weighted by Gasteiger charge is -2.15. The molecule has 0 spiro atoms. The van der Waals surface area contributed by atoms with Gasteiger partial charge in [0.25, 0.3) is 0 Å². The van der Waals surface area contributed by atoms with Crippen LogP contribution in [-0.4, -0.2) is 13.2 Å². The Hall–Kier alpha value is -0.890. The molecule has 1 nitrogen and oxygen atoms in total. The van der Waals surface area contributed by atoms with Crippen molar-refractivity contribution < 1.29 is 4.39 Å². The van der Waals surface area contributed by atoms with Crippen LogP contribution in [0.3, 0.4) is 0 Å². The molecule has 0 unspecified atom stereocenters. The molecule has 0 saturated heterocycles. The van der Waals surface area contributed by atoms with Crippen LogP contribution in [0.4, 0.5) is 4.39 Å². The Morgan fingerprint density at radius 3 is 2.69 bits per heavy atom. The first kappa shape index (κ1) is 10.2. The highest BCUT2D eigenvalue weighted by molar-refractivity contribution is 5.28. The van der Waals surface area contributed by atoms with Gasteiger partial charge < -0.3 is 5.32 Å². The largest absolute Gasteiger partial charge is 0.308 e. The van der Waals surface area contributed by atoms with Crippen LogP contribution in [0.2, 0.25) is 0 Å². The molecule has 0 amide bonds. The molecule has 0 aliphatic heterocycles. The fraction of sp³-hybridized carbons (Fsp3) is 0.455. The zero-order chi connectivity index (χ0) is 9.68. The zero-order valence-electron chi connectivity index (χ0n) is 8.18. The van der Waals surface area contributed by atoms with Gasteiger partial charge in [0.2, 0.25) is 0 Å². The molecule has 1 atom stereocenters. The summed E-state index contributed by atoms with van der Waals surface area (Å²) in [6.45, 7) is 4.24. The van der Waals surface area contributed by atoms with E-state index in [4.69, 9.17) is 0 Å². The van der Waals surface area contributed by atoms with E-state index in [1.807, 2.05) is 12.1 Å². The van der Waals surface area contributed by atoms with E-state index in [2.05, 4.69) is 31.3 Å². The van der Waals surface area contributed by atoms with Crippen molar-refractivity contribution in [3.05, 3.63) is 35.4 Å². The van der Waals surface area contributed by atoms with E-state index < -0.39 is 0 Å². The molecular formula is C11H16FN. The summed E-state index contributed by atoms with van der Waals surface area (Å²) in [6.07, 6.45) is 0. The van der Waals surface area contributed by atoms with Crippen LogP contribution in [0, 0.1) is 6.92 Å². The summed E-state index contributed by atoms with van der Waals surface area (Å²) in [4.78, 5) is 0. The lowest BCUT2D eigenvalue weighted by Crippen LogP contribution is -2.21. The molecule has 0 heterocycles. The first-order chi connectivity index (χ1) is 6.25. The highest BCUT2D eigenvalue weighted by atomic mass is 19.1. The summed E-state index contributed by atoms with van der Waals surface area (Å²) in [7, 11) is 0. The lowest BCUT2D eigenvalue weighted by atomic mass is 10.0. The minimum Gasteiger partial charge on any atom is -0.308 e. The molecule has 1 rings (SSSR count). The minimum absolute atomic E-state index is 0.233. The van der Waals surface area contributed by atoms with Crippen molar-refractivity contribution in [2.75, 3.05) is 13.2 Å². The smallest absolute Gasteiger partial charge is 0.102 e. The van der Waals surface area contributed by atoms with Crippen molar-refractivity contribution in [1.29, 1.82) is 0 Å². The molecule has 0 aliphatic rings. The zero-order valence-corrected chi connectivity index (χ0v) is 8.18. The van der Waals surface area contributed by atoms with E-state index >= 15 is 0 Å². The average Bonchev–Trinajstić information content (AvgIpc) is 2.15. The Bertz CT molecular complexity index is 260. The van der Waals surface area contributed by atoms with Gasteiger partial charge >= 0.3 is 0 Å². The molecule has 1 aromatic carbocycles. The number of hydrogen-bond donors (Lipinski definition) is 1. The van der Waals surface area contributed by atoms with Gasteiger partial charge in [-0.3, -0.25) is 0 Å². The van der Waals surface area contributed by atoms with E-state index in [1.165, 1.54) is 11.1 Å². The Kier molecular flexibility index (Phi) is 3.90. The normalized spacial score (nSPS) is 12.8. The van der Waals surface area contributed by atoms with Gasteiger partial charge in [-0.05, 0) is 25.0 Å². The van der Waals surface area contributed by atoms with Crippen molar-refractivity contribution in [2.45, 2.75) is 19.9 Å². The third-order valence-corrected chi connectivity index (χ3v) is 2.20. The van der Waals surface area contributed by atoms with Gasteiger partial charge in [0.1, 0.15) is 6.67 Å². The van der Waals surface area contributed by atoms with Crippen LogP contribution in [0.5, 0.6) is 0 Å². The summed E-state index contributed by atoms with van der Waals surface area (Å²) in [6, 6.07) is 8.40. The maximum atomic E-state index is 11.9.